The first-order valence-electron chi connectivity index (χ1n) is 9.20. The van der Waals surface area contributed by atoms with E-state index in [9.17, 15) is 19.8 Å². The minimum Gasteiger partial charge on any atom is -0.481 e. The largest absolute Gasteiger partial charge is 0.481 e. The topological polar surface area (TPSA) is 74.6 Å². The maximum atomic E-state index is 11.9. The van der Waals surface area contributed by atoms with Crippen molar-refractivity contribution >= 4 is 34.5 Å². The van der Waals surface area contributed by atoms with Gasteiger partial charge in [0, 0.05) is 42.9 Å². The molecule has 4 atom stereocenters. The Labute approximate surface area is 183 Å². The van der Waals surface area contributed by atoms with Crippen molar-refractivity contribution in [3.05, 3.63) is 54.1 Å². The Morgan fingerprint density at radius 1 is 1.11 bits per heavy atom. The van der Waals surface area contributed by atoms with Crippen LogP contribution >= 0.6 is 11.8 Å². The maximum Gasteiger partial charge on any atom is 0.330 e. The van der Waals surface area contributed by atoms with Crippen LogP contribution in [0.2, 0.25) is 0 Å². The molecule has 0 aromatic heterocycles. The van der Waals surface area contributed by atoms with Crippen molar-refractivity contribution in [3.8, 4) is 0 Å². The van der Waals surface area contributed by atoms with E-state index in [0.717, 1.165) is 23.1 Å². The van der Waals surface area contributed by atoms with Crippen LogP contribution < -0.4 is 0 Å². The van der Waals surface area contributed by atoms with E-state index in [4.69, 9.17) is 0 Å². The van der Waals surface area contributed by atoms with Crippen molar-refractivity contribution in [2.24, 2.45) is 17.3 Å². The third-order valence-corrected chi connectivity index (χ3v) is 7.57. The SMILES string of the molecule is CC(=CC12CC(CC1Sc1ccc3ccccc3c1)CC2C(=O)O)C(=O)O.[Ti]. The van der Waals surface area contributed by atoms with Crippen molar-refractivity contribution in [1.82, 2.24) is 0 Å². The number of thioether (sulfide) groups is 1. The number of carboxylic acid groups (broad SMARTS) is 2. The van der Waals surface area contributed by atoms with Crippen molar-refractivity contribution in [2.75, 3.05) is 0 Å². The van der Waals surface area contributed by atoms with Crippen LogP contribution in [0.1, 0.15) is 26.2 Å². The van der Waals surface area contributed by atoms with Crippen molar-refractivity contribution in [3.63, 3.8) is 0 Å². The average molecular weight is 430 g/mol. The number of hydrogen-bond acceptors (Lipinski definition) is 3. The van der Waals surface area contributed by atoms with Gasteiger partial charge >= 0.3 is 11.9 Å². The zero-order chi connectivity index (χ0) is 19.2. The standard InChI is InChI=1S/C22H22O4S.Ti/c1-13(20(23)24)11-22-12-14(8-18(22)21(25)26)9-19(22)27-17-7-6-15-4-2-3-5-16(15)10-17;/h2-7,10-11,14,18-19H,8-9,12H2,1H3,(H,23,24)(H,25,26);. The number of carbonyl (C=O) groups is 2. The van der Waals surface area contributed by atoms with E-state index < -0.39 is 23.3 Å². The van der Waals surface area contributed by atoms with Gasteiger partial charge < -0.3 is 10.2 Å². The van der Waals surface area contributed by atoms with E-state index in [1.54, 1.807) is 24.8 Å². The molecule has 2 saturated carbocycles. The van der Waals surface area contributed by atoms with Gasteiger partial charge in [0.25, 0.3) is 0 Å². The van der Waals surface area contributed by atoms with Crippen LogP contribution in [-0.2, 0) is 31.3 Å². The molecule has 2 aromatic rings. The summed E-state index contributed by atoms with van der Waals surface area (Å²) in [6.45, 7) is 1.57. The van der Waals surface area contributed by atoms with Crippen molar-refractivity contribution in [1.29, 1.82) is 0 Å². The Hall–Kier alpha value is -1.56. The number of fused-ring (bicyclic) bond motifs is 3. The zero-order valence-electron chi connectivity index (χ0n) is 15.6. The van der Waals surface area contributed by atoms with Crippen LogP contribution in [0.4, 0.5) is 0 Å². The molecule has 28 heavy (non-hydrogen) atoms. The van der Waals surface area contributed by atoms with Gasteiger partial charge in [-0.2, -0.15) is 0 Å². The molecule has 2 fully saturated rings. The Morgan fingerprint density at radius 3 is 2.50 bits per heavy atom. The molecule has 6 heteroatoms. The summed E-state index contributed by atoms with van der Waals surface area (Å²) in [6, 6.07) is 14.5. The molecule has 0 radical (unpaired) electrons. The summed E-state index contributed by atoms with van der Waals surface area (Å²) >= 11 is 1.70. The second-order valence-electron chi connectivity index (χ2n) is 7.79. The molecule has 0 aliphatic heterocycles. The zero-order valence-corrected chi connectivity index (χ0v) is 18.0. The van der Waals surface area contributed by atoms with E-state index in [1.165, 1.54) is 5.39 Å². The predicted octanol–water partition coefficient (Wildman–Crippen LogP) is 4.83. The van der Waals surface area contributed by atoms with Crippen LogP contribution in [0.25, 0.3) is 10.8 Å². The first-order chi connectivity index (χ1) is 12.9. The van der Waals surface area contributed by atoms with Crippen LogP contribution in [0.3, 0.4) is 0 Å². The number of hydrogen-bond donors (Lipinski definition) is 2. The molecule has 4 nitrogen and oxygen atoms in total. The van der Waals surface area contributed by atoms with E-state index in [-0.39, 0.29) is 32.5 Å². The van der Waals surface area contributed by atoms with Crippen LogP contribution in [0.15, 0.2) is 59.0 Å². The smallest absolute Gasteiger partial charge is 0.330 e. The summed E-state index contributed by atoms with van der Waals surface area (Å²) in [6.07, 6.45) is 4.10. The molecule has 0 heterocycles. The minimum atomic E-state index is -0.974. The van der Waals surface area contributed by atoms with Crippen LogP contribution in [0, 0.1) is 17.3 Å². The summed E-state index contributed by atoms with van der Waals surface area (Å²) < 4.78 is 0. The molecule has 4 unspecified atom stereocenters. The Bertz CT molecular complexity index is 956. The predicted molar refractivity (Wildman–Crippen MR) is 106 cm³/mol. The number of carboxylic acids is 2. The van der Waals surface area contributed by atoms with E-state index in [0.29, 0.717) is 12.3 Å². The molecule has 2 aliphatic rings. The molecule has 2 aromatic carbocycles. The van der Waals surface area contributed by atoms with Gasteiger partial charge in [-0.15, -0.1) is 11.8 Å². The monoisotopic (exact) mass is 430 g/mol. The van der Waals surface area contributed by atoms with Gasteiger partial charge in [-0.05, 0) is 55.0 Å². The molecule has 4 rings (SSSR count). The average Bonchev–Trinajstić information content (AvgIpc) is 3.16. The van der Waals surface area contributed by atoms with Gasteiger partial charge in [-0.1, -0.05) is 36.4 Å². The quantitative estimate of drug-likeness (QED) is 0.525. The normalized spacial score (nSPS) is 28.9. The Morgan fingerprint density at radius 2 is 1.82 bits per heavy atom. The van der Waals surface area contributed by atoms with Gasteiger partial charge in [-0.25, -0.2) is 4.79 Å². The van der Waals surface area contributed by atoms with Gasteiger partial charge in [0.15, 0.2) is 0 Å². The molecular weight excluding hydrogens is 408 g/mol. The number of benzene rings is 2. The molecule has 0 saturated heterocycles. The van der Waals surface area contributed by atoms with Crippen molar-refractivity contribution < 1.29 is 41.5 Å². The van der Waals surface area contributed by atoms with Gasteiger partial charge in [-0.3, -0.25) is 4.79 Å². The second-order valence-corrected chi connectivity index (χ2v) is 9.07. The third-order valence-electron chi connectivity index (χ3n) is 6.13. The summed E-state index contributed by atoms with van der Waals surface area (Å²) in [7, 11) is 0. The molecule has 2 aliphatic carbocycles. The van der Waals surface area contributed by atoms with Gasteiger partial charge in [0.2, 0.25) is 0 Å². The van der Waals surface area contributed by atoms with Crippen molar-refractivity contribution in [2.45, 2.75) is 36.3 Å². The summed E-state index contributed by atoms with van der Waals surface area (Å²) in [5, 5.41) is 21.6. The number of rotatable bonds is 5. The van der Waals surface area contributed by atoms with Crippen LogP contribution in [-0.4, -0.2) is 27.4 Å². The van der Waals surface area contributed by atoms with E-state index >= 15 is 0 Å². The first kappa shape index (κ1) is 21.2. The maximum absolute atomic E-state index is 11.9. The molecule has 144 valence electrons. The summed E-state index contributed by atoms with van der Waals surface area (Å²) in [5.41, 5.74) is -0.345. The Balaban J connectivity index is 0.00000225. The summed E-state index contributed by atoms with van der Waals surface area (Å²) in [5.74, 6) is -1.94. The fourth-order valence-corrected chi connectivity index (χ4v) is 6.53. The van der Waals surface area contributed by atoms with Crippen LogP contribution in [0.5, 0.6) is 0 Å². The molecule has 2 N–H and O–H groups in total. The van der Waals surface area contributed by atoms with Gasteiger partial charge in [0.1, 0.15) is 0 Å². The first-order valence-corrected chi connectivity index (χ1v) is 10.1. The second kappa shape index (κ2) is 8.06. The summed E-state index contributed by atoms with van der Waals surface area (Å²) in [4.78, 5) is 24.5. The number of aliphatic carboxylic acids is 2. The number of allylic oxidation sites excluding steroid dienone is 1. The van der Waals surface area contributed by atoms with Gasteiger partial charge in [0.05, 0.1) is 5.92 Å². The molecule has 0 spiro atoms. The van der Waals surface area contributed by atoms with E-state index in [2.05, 4.69) is 30.3 Å². The Kier molecular flexibility index (Phi) is 6.09. The molecule has 2 bridgehead atoms. The molecular formula is C22H22O4STi. The third kappa shape index (κ3) is 3.68. The van der Waals surface area contributed by atoms with E-state index in [1.807, 2.05) is 12.1 Å². The fraction of sp³-hybridized carbons (Fsp3) is 0.364. The minimum absolute atomic E-state index is 0. The fourth-order valence-electron chi connectivity index (χ4n) is 4.95. The molecule has 0 amide bonds.